The number of hydrogen-bond acceptors (Lipinski definition) is 3. The maximum absolute atomic E-state index is 12.5. The maximum Gasteiger partial charge on any atom is 0.410 e. The Kier molecular flexibility index (Phi) is 6.26. The summed E-state index contributed by atoms with van der Waals surface area (Å²) in [6, 6.07) is 17.7. The van der Waals surface area contributed by atoms with E-state index in [1.165, 1.54) is 5.56 Å². The predicted octanol–water partition coefficient (Wildman–Crippen LogP) is 5.15. The number of nitrogens with one attached hydrogen (secondary N) is 1. The predicted molar refractivity (Wildman–Crippen MR) is 115 cm³/mol. The van der Waals surface area contributed by atoms with Crippen LogP contribution in [-0.4, -0.2) is 35.6 Å². The average molecular weight is 395 g/mol. The van der Waals surface area contributed by atoms with Crippen LogP contribution in [0.25, 0.3) is 0 Å². The number of nitrogens with zero attached hydrogens (tertiary/aromatic N) is 1. The zero-order valence-electron chi connectivity index (χ0n) is 17.6. The fraction of sp³-hybridized carbons (Fsp3) is 0.417. The molecule has 3 rings (SSSR count). The molecule has 1 fully saturated rings. The van der Waals surface area contributed by atoms with E-state index in [2.05, 4.69) is 5.32 Å². The summed E-state index contributed by atoms with van der Waals surface area (Å²) in [6.07, 6.45) is 0.662. The third-order valence-corrected chi connectivity index (χ3v) is 5.18. The van der Waals surface area contributed by atoms with Crippen molar-refractivity contribution in [3.05, 3.63) is 65.7 Å². The van der Waals surface area contributed by atoms with Gasteiger partial charge in [0, 0.05) is 24.7 Å². The Morgan fingerprint density at radius 1 is 1.07 bits per heavy atom. The monoisotopic (exact) mass is 394 g/mol. The van der Waals surface area contributed by atoms with Gasteiger partial charge in [0.05, 0.1) is 5.92 Å². The van der Waals surface area contributed by atoms with E-state index in [1.54, 1.807) is 4.90 Å². The number of ether oxygens (including phenoxy) is 1. The van der Waals surface area contributed by atoms with E-state index < -0.39 is 5.60 Å². The molecule has 0 aliphatic carbocycles. The van der Waals surface area contributed by atoms with Gasteiger partial charge in [-0.3, -0.25) is 4.79 Å². The normalized spacial score (nSPS) is 17.7. The molecule has 0 saturated carbocycles. The number of hydrogen-bond donors (Lipinski definition) is 1. The molecule has 29 heavy (non-hydrogen) atoms. The lowest BCUT2D eigenvalue weighted by molar-refractivity contribution is -0.117. The number of anilines is 1. The van der Waals surface area contributed by atoms with Gasteiger partial charge in [0.25, 0.3) is 0 Å². The van der Waals surface area contributed by atoms with Gasteiger partial charge >= 0.3 is 6.09 Å². The Bertz CT molecular complexity index is 841. The highest BCUT2D eigenvalue weighted by Crippen LogP contribution is 2.29. The van der Waals surface area contributed by atoms with E-state index in [0.717, 1.165) is 17.7 Å². The van der Waals surface area contributed by atoms with Crippen LogP contribution < -0.4 is 5.32 Å². The molecule has 0 spiro atoms. The summed E-state index contributed by atoms with van der Waals surface area (Å²) < 4.78 is 5.47. The summed E-state index contributed by atoms with van der Waals surface area (Å²) in [7, 11) is 0. The van der Waals surface area contributed by atoms with Crippen LogP contribution >= 0.6 is 0 Å². The van der Waals surface area contributed by atoms with E-state index in [4.69, 9.17) is 4.74 Å². The lowest BCUT2D eigenvalue weighted by Crippen LogP contribution is -2.35. The molecule has 1 unspecified atom stereocenters. The van der Waals surface area contributed by atoms with Gasteiger partial charge in [0.15, 0.2) is 0 Å². The summed E-state index contributed by atoms with van der Waals surface area (Å²) in [5.41, 5.74) is 2.47. The Labute approximate surface area is 173 Å². The SMILES string of the molecule is C[C@@H](C(=O)Nc1ccc(C2CCN(C(=O)OC(C)(C)C)C2)cc1)c1ccccc1. The Balaban J connectivity index is 1.57. The van der Waals surface area contributed by atoms with Crippen molar-refractivity contribution in [3.63, 3.8) is 0 Å². The molecule has 1 aliphatic rings. The second-order valence-corrected chi connectivity index (χ2v) is 8.66. The molecule has 0 aromatic heterocycles. The van der Waals surface area contributed by atoms with Crippen molar-refractivity contribution >= 4 is 17.7 Å². The lowest BCUT2D eigenvalue weighted by Gasteiger charge is -2.24. The fourth-order valence-corrected chi connectivity index (χ4v) is 3.51. The molecule has 0 bridgehead atoms. The van der Waals surface area contributed by atoms with Crippen molar-refractivity contribution < 1.29 is 14.3 Å². The number of amides is 2. The second-order valence-electron chi connectivity index (χ2n) is 8.66. The smallest absolute Gasteiger partial charge is 0.410 e. The zero-order valence-corrected chi connectivity index (χ0v) is 17.6. The first-order valence-electron chi connectivity index (χ1n) is 10.2. The third kappa shape index (κ3) is 5.59. The van der Waals surface area contributed by atoms with Gasteiger partial charge in [-0.05, 0) is 57.4 Å². The fourth-order valence-electron chi connectivity index (χ4n) is 3.51. The van der Waals surface area contributed by atoms with E-state index >= 15 is 0 Å². The summed E-state index contributed by atoms with van der Waals surface area (Å²) in [6.45, 7) is 8.90. The van der Waals surface area contributed by atoms with Crippen LogP contribution in [0.5, 0.6) is 0 Å². The van der Waals surface area contributed by atoms with Crippen molar-refractivity contribution in [1.29, 1.82) is 0 Å². The van der Waals surface area contributed by atoms with Crippen LogP contribution in [-0.2, 0) is 9.53 Å². The first-order valence-corrected chi connectivity index (χ1v) is 10.2. The van der Waals surface area contributed by atoms with Crippen molar-refractivity contribution in [2.75, 3.05) is 18.4 Å². The van der Waals surface area contributed by atoms with Gasteiger partial charge in [-0.25, -0.2) is 4.79 Å². The Morgan fingerprint density at radius 2 is 1.72 bits per heavy atom. The standard InChI is InChI=1S/C24H30N2O3/c1-17(18-8-6-5-7-9-18)22(27)25-21-12-10-19(11-13-21)20-14-15-26(16-20)23(28)29-24(2,3)4/h5-13,17,20H,14-16H2,1-4H3,(H,25,27)/t17-,20?/m1/s1. The summed E-state index contributed by atoms with van der Waals surface area (Å²) in [4.78, 5) is 26.5. The van der Waals surface area contributed by atoms with Crippen molar-refractivity contribution in [1.82, 2.24) is 4.90 Å². The first kappa shape index (κ1) is 20.9. The first-order chi connectivity index (χ1) is 13.7. The Hall–Kier alpha value is -2.82. The maximum atomic E-state index is 12.5. The molecule has 2 amide bonds. The number of likely N-dealkylation sites (tertiary alicyclic amines) is 1. The highest BCUT2D eigenvalue weighted by molar-refractivity contribution is 5.95. The Morgan fingerprint density at radius 3 is 2.34 bits per heavy atom. The summed E-state index contributed by atoms with van der Waals surface area (Å²) in [5, 5.41) is 2.99. The number of rotatable bonds is 4. The highest BCUT2D eigenvalue weighted by Gasteiger charge is 2.30. The molecular formula is C24H30N2O3. The molecule has 1 saturated heterocycles. The summed E-state index contributed by atoms with van der Waals surface area (Å²) >= 11 is 0. The van der Waals surface area contributed by atoms with Crippen LogP contribution in [0.15, 0.2) is 54.6 Å². The third-order valence-electron chi connectivity index (χ3n) is 5.18. The number of benzene rings is 2. The minimum Gasteiger partial charge on any atom is -0.444 e. The van der Waals surface area contributed by atoms with Gasteiger partial charge in [-0.1, -0.05) is 42.5 Å². The van der Waals surface area contributed by atoms with Crippen molar-refractivity contribution in [3.8, 4) is 0 Å². The molecule has 154 valence electrons. The molecule has 1 aliphatic heterocycles. The van der Waals surface area contributed by atoms with E-state index in [1.807, 2.05) is 82.3 Å². The van der Waals surface area contributed by atoms with Crippen LogP contribution in [0.2, 0.25) is 0 Å². The molecular weight excluding hydrogens is 364 g/mol. The van der Waals surface area contributed by atoms with Crippen LogP contribution in [0.1, 0.15) is 57.1 Å². The van der Waals surface area contributed by atoms with Gasteiger partial charge in [-0.15, -0.1) is 0 Å². The topological polar surface area (TPSA) is 58.6 Å². The van der Waals surface area contributed by atoms with Crippen molar-refractivity contribution in [2.24, 2.45) is 0 Å². The van der Waals surface area contributed by atoms with Gasteiger partial charge in [0.1, 0.15) is 5.60 Å². The van der Waals surface area contributed by atoms with E-state index in [0.29, 0.717) is 13.1 Å². The average Bonchev–Trinajstić information content (AvgIpc) is 3.18. The van der Waals surface area contributed by atoms with E-state index in [9.17, 15) is 9.59 Å². The molecule has 1 heterocycles. The lowest BCUT2D eigenvalue weighted by atomic mass is 9.98. The number of carbonyl (C=O) groups excluding carboxylic acids is 2. The van der Waals surface area contributed by atoms with Crippen LogP contribution in [0.4, 0.5) is 10.5 Å². The molecule has 1 N–H and O–H groups in total. The minimum absolute atomic E-state index is 0.0269. The van der Waals surface area contributed by atoms with Gasteiger partial charge < -0.3 is 15.0 Å². The molecule has 2 atom stereocenters. The van der Waals surface area contributed by atoms with Gasteiger partial charge in [-0.2, -0.15) is 0 Å². The minimum atomic E-state index is -0.480. The molecule has 2 aromatic carbocycles. The van der Waals surface area contributed by atoms with Crippen LogP contribution in [0, 0.1) is 0 Å². The van der Waals surface area contributed by atoms with Crippen molar-refractivity contribution in [2.45, 2.75) is 51.6 Å². The molecule has 2 aromatic rings. The molecule has 5 heteroatoms. The molecule has 0 radical (unpaired) electrons. The second kappa shape index (κ2) is 8.68. The highest BCUT2D eigenvalue weighted by atomic mass is 16.6. The number of carbonyl (C=O) groups is 2. The van der Waals surface area contributed by atoms with Gasteiger partial charge in [0.2, 0.25) is 5.91 Å². The summed E-state index contributed by atoms with van der Waals surface area (Å²) in [5.74, 6) is 0.0459. The quantitative estimate of drug-likeness (QED) is 0.780. The largest absolute Gasteiger partial charge is 0.444 e. The zero-order chi connectivity index (χ0) is 21.0. The van der Waals surface area contributed by atoms with E-state index in [-0.39, 0.29) is 23.8 Å². The van der Waals surface area contributed by atoms with Crippen LogP contribution in [0.3, 0.4) is 0 Å². The molecule has 5 nitrogen and oxygen atoms in total.